The zero-order chi connectivity index (χ0) is 14.8. The van der Waals surface area contributed by atoms with Crippen LogP contribution in [0.15, 0.2) is 12.1 Å². The van der Waals surface area contributed by atoms with Gasteiger partial charge in [-0.15, -0.1) is 13.2 Å². The predicted octanol–water partition coefficient (Wildman–Crippen LogP) is 4.61. The maximum absolute atomic E-state index is 12.8. The Morgan fingerprint density at radius 2 is 1.58 bits per heavy atom. The van der Waals surface area contributed by atoms with E-state index in [-0.39, 0.29) is 10.2 Å². The Balaban J connectivity index is 3.42. The molecule has 2 nitrogen and oxygen atoms in total. The molecule has 1 aromatic rings. The van der Waals surface area contributed by atoms with Crippen molar-refractivity contribution in [3.05, 3.63) is 21.3 Å². The molecule has 0 aromatic heterocycles. The fourth-order valence-electron chi connectivity index (χ4n) is 1.31. The smallest absolute Gasteiger partial charge is 0.493 e. The summed E-state index contributed by atoms with van der Waals surface area (Å²) in [5.41, 5.74) is -1.58. The molecule has 0 saturated heterocycles. The van der Waals surface area contributed by atoms with Gasteiger partial charge in [-0.05, 0) is 41.6 Å². The summed E-state index contributed by atoms with van der Waals surface area (Å²) < 4.78 is 83.1. The minimum atomic E-state index is -5.21. The lowest BCUT2D eigenvalue weighted by Crippen LogP contribution is -2.21. The van der Waals surface area contributed by atoms with Gasteiger partial charge in [0.15, 0.2) is 0 Å². The van der Waals surface area contributed by atoms with E-state index in [0.29, 0.717) is 6.07 Å². The van der Waals surface area contributed by atoms with Crippen molar-refractivity contribution in [1.29, 1.82) is 0 Å². The van der Waals surface area contributed by atoms with Gasteiger partial charge in [-0.1, -0.05) is 0 Å². The first-order valence-corrected chi connectivity index (χ1v) is 5.91. The SMILES string of the molecule is CCOc1cc(I)cc(OC(F)(F)F)c1C(F)(F)F. The highest BCUT2D eigenvalue weighted by atomic mass is 127. The minimum absolute atomic E-state index is 0.116. The second-order valence-electron chi connectivity index (χ2n) is 3.26. The van der Waals surface area contributed by atoms with Crippen LogP contribution in [0, 0.1) is 3.57 Å². The Morgan fingerprint density at radius 3 is 2.00 bits per heavy atom. The average Bonchev–Trinajstić information content (AvgIpc) is 2.11. The molecule has 0 atom stereocenters. The third kappa shape index (κ3) is 4.62. The van der Waals surface area contributed by atoms with Gasteiger partial charge in [-0.25, -0.2) is 0 Å². The summed E-state index contributed by atoms with van der Waals surface area (Å²) in [7, 11) is 0. The predicted molar refractivity (Wildman–Crippen MR) is 62.0 cm³/mol. The van der Waals surface area contributed by atoms with Crippen LogP contribution in [0.25, 0.3) is 0 Å². The normalized spacial score (nSPS) is 12.4. The van der Waals surface area contributed by atoms with Crippen LogP contribution in [0.5, 0.6) is 11.5 Å². The molecule has 0 amide bonds. The van der Waals surface area contributed by atoms with Crippen molar-refractivity contribution in [2.24, 2.45) is 0 Å². The first-order chi connectivity index (χ1) is 8.54. The standard InChI is InChI=1S/C10H7F6IO2/c1-2-18-6-3-5(17)4-7(19-10(14,15)16)8(6)9(11,12)13/h3-4H,2H2,1H3. The molecular weight excluding hydrogens is 393 g/mol. The van der Waals surface area contributed by atoms with E-state index in [2.05, 4.69) is 4.74 Å². The largest absolute Gasteiger partial charge is 0.573 e. The minimum Gasteiger partial charge on any atom is -0.493 e. The number of rotatable bonds is 3. The van der Waals surface area contributed by atoms with Crippen molar-refractivity contribution in [1.82, 2.24) is 0 Å². The fourth-order valence-corrected chi connectivity index (χ4v) is 1.88. The highest BCUT2D eigenvalue weighted by Crippen LogP contribution is 2.45. The summed E-state index contributed by atoms with van der Waals surface area (Å²) in [5, 5.41) is 0. The number of benzene rings is 1. The molecule has 1 rings (SSSR count). The van der Waals surface area contributed by atoms with E-state index < -0.39 is 29.6 Å². The molecule has 0 bridgehead atoms. The molecule has 0 heterocycles. The molecule has 0 N–H and O–H groups in total. The number of halogens is 7. The van der Waals surface area contributed by atoms with Gasteiger partial charge in [0.05, 0.1) is 6.61 Å². The summed E-state index contributed by atoms with van der Waals surface area (Å²) in [5.74, 6) is -2.02. The Bertz CT molecular complexity index is 455. The van der Waals surface area contributed by atoms with Crippen molar-refractivity contribution < 1.29 is 35.8 Å². The molecule has 0 radical (unpaired) electrons. The molecule has 0 spiro atoms. The van der Waals surface area contributed by atoms with Gasteiger partial charge in [-0.3, -0.25) is 0 Å². The van der Waals surface area contributed by atoms with Crippen LogP contribution in [0.1, 0.15) is 12.5 Å². The van der Waals surface area contributed by atoms with Crippen LogP contribution in [-0.4, -0.2) is 13.0 Å². The fraction of sp³-hybridized carbons (Fsp3) is 0.400. The van der Waals surface area contributed by atoms with E-state index in [1.165, 1.54) is 6.92 Å². The Morgan fingerprint density at radius 1 is 1.05 bits per heavy atom. The van der Waals surface area contributed by atoms with Gasteiger partial charge in [-0.2, -0.15) is 13.2 Å². The number of alkyl halides is 6. The van der Waals surface area contributed by atoms with Crippen molar-refractivity contribution in [2.75, 3.05) is 6.61 Å². The summed E-state index contributed by atoms with van der Waals surface area (Å²) in [4.78, 5) is 0. The first kappa shape index (κ1) is 16.2. The summed E-state index contributed by atoms with van der Waals surface area (Å²) in [6, 6.07) is 1.65. The number of hydrogen-bond donors (Lipinski definition) is 0. The van der Waals surface area contributed by atoms with E-state index in [4.69, 9.17) is 4.74 Å². The van der Waals surface area contributed by atoms with E-state index in [1.54, 1.807) is 22.6 Å². The number of hydrogen-bond acceptors (Lipinski definition) is 2. The van der Waals surface area contributed by atoms with E-state index in [0.717, 1.165) is 6.07 Å². The Labute approximate surface area is 117 Å². The van der Waals surface area contributed by atoms with Crippen molar-refractivity contribution in [3.8, 4) is 11.5 Å². The van der Waals surface area contributed by atoms with Crippen LogP contribution < -0.4 is 9.47 Å². The summed E-state index contributed by atoms with van der Waals surface area (Å²) in [6.45, 7) is 1.30. The van der Waals surface area contributed by atoms with Gasteiger partial charge < -0.3 is 9.47 Å². The zero-order valence-electron chi connectivity index (χ0n) is 9.32. The molecule has 9 heteroatoms. The maximum Gasteiger partial charge on any atom is 0.573 e. The van der Waals surface area contributed by atoms with Crippen LogP contribution >= 0.6 is 22.6 Å². The Hall–Kier alpha value is -0.870. The van der Waals surface area contributed by atoms with Gasteiger partial charge >= 0.3 is 12.5 Å². The van der Waals surface area contributed by atoms with E-state index >= 15 is 0 Å². The second kappa shape index (κ2) is 5.63. The monoisotopic (exact) mass is 400 g/mol. The molecule has 0 aliphatic heterocycles. The highest BCUT2D eigenvalue weighted by molar-refractivity contribution is 14.1. The molecule has 0 saturated carbocycles. The van der Waals surface area contributed by atoms with Crippen molar-refractivity contribution >= 4 is 22.6 Å². The lowest BCUT2D eigenvalue weighted by molar-refractivity contribution is -0.276. The number of ether oxygens (including phenoxy) is 2. The third-order valence-electron chi connectivity index (χ3n) is 1.84. The van der Waals surface area contributed by atoms with Gasteiger partial charge in [0.25, 0.3) is 0 Å². The van der Waals surface area contributed by atoms with Gasteiger partial charge in [0.2, 0.25) is 0 Å². The molecule has 108 valence electrons. The summed E-state index contributed by atoms with van der Waals surface area (Å²) >= 11 is 1.57. The molecule has 0 fully saturated rings. The van der Waals surface area contributed by atoms with E-state index in [9.17, 15) is 26.3 Å². The molecule has 0 unspecified atom stereocenters. The maximum atomic E-state index is 12.8. The van der Waals surface area contributed by atoms with E-state index in [1.807, 2.05) is 0 Å². The zero-order valence-corrected chi connectivity index (χ0v) is 11.5. The lowest BCUT2D eigenvalue weighted by Gasteiger charge is -2.19. The van der Waals surface area contributed by atoms with Crippen molar-refractivity contribution in [2.45, 2.75) is 19.5 Å². The third-order valence-corrected chi connectivity index (χ3v) is 2.46. The second-order valence-corrected chi connectivity index (χ2v) is 4.50. The molecule has 19 heavy (non-hydrogen) atoms. The average molecular weight is 400 g/mol. The van der Waals surface area contributed by atoms with Crippen LogP contribution in [0.2, 0.25) is 0 Å². The van der Waals surface area contributed by atoms with Gasteiger partial charge in [0.1, 0.15) is 17.1 Å². The first-order valence-electron chi connectivity index (χ1n) is 4.84. The topological polar surface area (TPSA) is 18.5 Å². The molecular formula is C10H7F6IO2. The Kier molecular flexibility index (Phi) is 4.80. The quantitative estimate of drug-likeness (QED) is 0.545. The van der Waals surface area contributed by atoms with Crippen LogP contribution in [0.4, 0.5) is 26.3 Å². The summed E-state index contributed by atoms with van der Waals surface area (Å²) in [6.07, 6.45) is -10.2. The van der Waals surface area contributed by atoms with Crippen LogP contribution in [0.3, 0.4) is 0 Å². The van der Waals surface area contributed by atoms with Crippen LogP contribution in [-0.2, 0) is 6.18 Å². The van der Waals surface area contributed by atoms with Crippen molar-refractivity contribution in [3.63, 3.8) is 0 Å². The molecule has 1 aromatic carbocycles. The van der Waals surface area contributed by atoms with Gasteiger partial charge in [0, 0.05) is 3.57 Å². The molecule has 0 aliphatic rings. The lowest BCUT2D eigenvalue weighted by atomic mass is 10.1. The highest BCUT2D eigenvalue weighted by Gasteiger charge is 2.42. The molecule has 0 aliphatic carbocycles.